The minimum absolute atomic E-state index is 0.169. The fourth-order valence-corrected chi connectivity index (χ4v) is 3.79. The Labute approximate surface area is 192 Å². The van der Waals surface area contributed by atoms with Crippen LogP contribution in [0, 0.1) is 17.8 Å². The summed E-state index contributed by atoms with van der Waals surface area (Å²) in [5, 5.41) is 8.59. The maximum atomic E-state index is 13.1. The summed E-state index contributed by atoms with van der Waals surface area (Å²) in [4.78, 5) is 38.6. The van der Waals surface area contributed by atoms with Crippen LogP contribution >= 0.6 is 0 Å². The predicted molar refractivity (Wildman–Crippen MR) is 123 cm³/mol. The van der Waals surface area contributed by atoms with E-state index >= 15 is 0 Å². The maximum Gasteiger partial charge on any atom is 0.243 e. The lowest BCUT2D eigenvalue weighted by Gasteiger charge is -2.27. The molecule has 5 atom stereocenters. The minimum atomic E-state index is -0.760. The van der Waals surface area contributed by atoms with E-state index in [2.05, 4.69) is 16.0 Å². The van der Waals surface area contributed by atoms with E-state index < -0.39 is 24.4 Å². The van der Waals surface area contributed by atoms with Gasteiger partial charge in [-0.1, -0.05) is 41.5 Å². The second kappa shape index (κ2) is 13.7. The van der Waals surface area contributed by atoms with E-state index in [0.717, 1.165) is 0 Å². The predicted octanol–water partition coefficient (Wildman–Crippen LogP) is 1.30. The topological polar surface area (TPSA) is 132 Å². The molecule has 0 saturated carbocycles. The smallest absolute Gasteiger partial charge is 0.243 e. The van der Waals surface area contributed by atoms with Crippen molar-refractivity contribution in [1.82, 2.24) is 16.0 Å². The first-order valence-corrected chi connectivity index (χ1v) is 11.8. The molecule has 3 amide bonds. The average molecular weight is 457 g/mol. The molecule has 9 nitrogen and oxygen atoms in total. The van der Waals surface area contributed by atoms with E-state index in [4.69, 9.17) is 15.2 Å². The Morgan fingerprint density at radius 2 is 1.38 bits per heavy atom. The summed E-state index contributed by atoms with van der Waals surface area (Å²) in [6, 6.07) is -2.43. The van der Waals surface area contributed by atoms with Crippen molar-refractivity contribution in [2.75, 3.05) is 13.7 Å². The summed E-state index contributed by atoms with van der Waals surface area (Å²) in [6.45, 7) is 12.4. The fourth-order valence-electron chi connectivity index (χ4n) is 3.79. The van der Waals surface area contributed by atoms with Gasteiger partial charge >= 0.3 is 0 Å². The molecule has 0 bridgehead atoms. The maximum absolute atomic E-state index is 13.1. The Morgan fingerprint density at radius 3 is 1.88 bits per heavy atom. The molecule has 1 aliphatic rings. The Morgan fingerprint density at radius 1 is 0.875 bits per heavy atom. The summed E-state index contributed by atoms with van der Waals surface area (Å²) in [6.07, 6.45) is 1.60. The highest BCUT2D eigenvalue weighted by Crippen LogP contribution is 2.15. The van der Waals surface area contributed by atoms with Crippen LogP contribution in [-0.4, -0.2) is 61.9 Å². The number of ether oxygens (including phenoxy) is 2. The van der Waals surface area contributed by atoms with Crippen LogP contribution in [0.2, 0.25) is 0 Å². The highest BCUT2D eigenvalue weighted by Gasteiger charge is 2.33. The lowest BCUT2D eigenvalue weighted by molar-refractivity contribution is -0.135. The van der Waals surface area contributed by atoms with Gasteiger partial charge in [0, 0.05) is 7.11 Å². The zero-order chi connectivity index (χ0) is 24.4. The number of amides is 3. The van der Waals surface area contributed by atoms with Crippen LogP contribution in [-0.2, 0) is 23.9 Å². The Bertz CT molecular complexity index is 611. The van der Waals surface area contributed by atoms with E-state index in [-0.39, 0.29) is 41.5 Å². The van der Waals surface area contributed by atoms with Gasteiger partial charge in [0.2, 0.25) is 17.7 Å². The van der Waals surface area contributed by atoms with Gasteiger partial charge in [0.25, 0.3) is 0 Å². The molecule has 32 heavy (non-hydrogen) atoms. The molecule has 1 rings (SSSR count). The lowest BCUT2D eigenvalue weighted by Crippen LogP contribution is -2.57. The van der Waals surface area contributed by atoms with Crippen molar-refractivity contribution in [2.24, 2.45) is 23.5 Å². The molecule has 0 aliphatic carbocycles. The van der Waals surface area contributed by atoms with Crippen molar-refractivity contribution in [3.05, 3.63) is 0 Å². The van der Waals surface area contributed by atoms with Crippen LogP contribution < -0.4 is 21.7 Å². The van der Waals surface area contributed by atoms with Crippen molar-refractivity contribution in [3.8, 4) is 0 Å². The van der Waals surface area contributed by atoms with Gasteiger partial charge in [-0.15, -0.1) is 0 Å². The van der Waals surface area contributed by atoms with E-state index in [1.54, 1.807) is 0 Å². The Balaban J connectivity index is 2.87. The third-order valence-electron chi connectivity index (χ3n) is 5.34. The van der Waals surface area contributed by atoms with Gasteiger partial charge in [0.15, 0.2) is 6.29 Å². The zero-order valence-corrected chi connectivity index (χ0v) is 20.8. The minimum Gasteiger partial charge on any atom is -0.354 e. The average Bonchev–Trinajstić information content (AvgIpc) is 3.12. The summed E-state index contributed by atoms with van der Waals surface area (Å²) >= 11 is 0. The summed E-state index contributed by atoms with van der Waals surface area (Å²) < 4.78 is 10.7. The highest BCUT2D eigenvalue weighted by molar-refractivity contribution is 5.93. The van der Waals surface area contributed by atoms with Crippen molar-refractivity contribution < 1.29 is 23.9 Å². The summed E-state index contributed by atoms with van der Waals surface area (Å²) in [5.74, 6) is -0.394. The van der Waals surface area contributed by atoms with Gasteiger partial charge in [-0.2, -0.15) is 0 Å². The summed E-state index contributed by atoms with van der Waals surface area (Å²) in [7, 11) is 1.53. The number of carbonyl (C=O) groups is 3. The van der Waals surface area contributed by atoms with Gasteiger partial charge in [-0.25, -0.2) is 0 Å². The van der Waals surface area contributed by atoms with Gasteiger partial charge in [-0.05, 0) is 43.4 Å². The van der Waals surface area contributed by atoms with Crippen LogP contribution in [0.4, 0.5) is 0 Å². The van der Waals surface area contributed by atoms with Gasteiger partial charge < -0.3 is 31.2 Å². The van der Waals surface area contributed by atoms with E-state index in [0.29, 0.717) is 32.3 Å². The molecule has 9 heteroatoms. The van der Waals surface area contributed by atoms with Crippen molar-refractivity contribution in [3.63, 3.8) is 0 Å². The second-order valence-electron chi connectivity index (χ2n) is 10.00. The fraction of sp³-hybridized carbons (Fsp3) is 0.870. The van der Waals surface area contributed by atoms with E-state index in [1.165, 1.54) is 7.11 Å². The van der Waals surface area contributed by atoms with Crippen LogP contribution in [0.25, 0.3) is 0 Å². The number of nitrogens with two attached hydrogens (primary N) is 1. The molecular formula is C23H44N4O5. The largest absolute Gasteiger partial charge is 0.354 e. The van der Waals surface area contributed by atoms with E-state index in [1.807, 2.05) is 41.5 Å². The Hall–Kier alpha value is -1.71. The molecule has 5 N–H and O–H groups in total. The first-order chi connectivity index (χ1) is 14.9. The third-order valence-corrected chi connectivity index (χ3v) is 5.34. The highest BCUT2D eigenvalue weighted by atomic mass is 16.7. The molecule has 0 aromatic carbocycles. The number of hydrogen-bond acceptors (Lipinski definition) is 6. The van der Waals surface area contributed by atoms with Crippen LogP contribution in [0.3, 0.4) is 0 Å². The Kier molecular flexibility index (Phi) is 12.2. The molecule has 0 radical (unpaired) electrons. The first kappa shape index (κ1) is 28.3. The lowest BCUT2D eigenvalue weighted by atomic mass is 9.99. The van der Waals surface area contributed by atoms with Gasteiger partial charge in [0.05, 0.1) is 18.7 Å². The van der Waals surface area contributed by atoms with Crippen LogP contribution in [0.5, 0.6) is 0 Å². The monoisotopic (exact) mass is 456 g/mol. The normalized spacial score (nSPS) is 21.5. The number of rotatable bonds is 13. The number of carbonyl (C=O) groups excluding carboxylic acids is 3. The molecular weight excluding hydrogens is 412 g/mol. The van der Waals surface area contributed by atoms with Crippen molar-refractivity contribution in [2.45, 2.75) is 97.7 Å². The van der Waals surface area contributed by atoms with Crippen LogP contribution in [0.1, 0.15) is 67.2 Å². The molecule has 1 saturated heterocycles. The SMILES string of the molecule is COC1OCC[C@@H]1NC(=O)[C@H](CC(C)C)NC(=O)[C@H](CC(C)C)NC(=O)[C@@H](N)CC(C)C. The molecule has 0 aromatic rings. The second-order valence-corrected chi connectivity index (χ2v) is 10.00. The molecule has 1 aliphatic heterocycles. The van der Waals surface area contributed by atoms with Gasteiger partial charge in [0.1, 0.15) is 12.1 Å². The number of hydrogen-bond donors (Lipinski definition) is 4. The molecule has 1 unspecified atom stereocenters. The van der Waals surface area contributed by atoms with Crippen LogP contribution in [0.15, 0.2) is 0 Å². The van der Waals surface area contributed by atoms with Gasteiger partial charge in [-0.3, -0.25) is 14.4 Å². The van der Waals surface area contributed by atoms with Crippen molar-refractivity contribution in [1.29, 1.82) is 0 Å². The number of nitrogens with one attached hydrogen (secondary N) is 3. The quantitative estimate of drug-likeness (QED) is 0.330. The standard InChI is InChI=1S/C23H44N4O5/c1-13(2)10-16(24)20(28)26-18(11-14(3)4)22(30)27-19(12-15(5)6)21(29)25-17-8-9-32-23(17)31-7/h13-19,23H,8-12,24H2,1-7H3,(H,25,29)(H,26,28)(H,27,30)/t16-,17-,18-,19-,23?/m0/s1. The number of methoxy groups -OCH3 is 1. The third kappa shape index (κ3) is 9.83. The molecule has 0 spiro atoms. The zero-order valence-electron chi connectivity index (χ0n) is 20.8. The molecule has 0 aromatic heterocycles. The molecule has 1 heterocycles. The summed E-state index contributed by atoms with van der Waals surface area (Å²) in [5.41, 5.74) is 6.00. The first-order valence-electron chi connectivity index (χ1n) is 11.8. The van der Waals surface area contributed by atoms with Crippen molar-refractivity contribution >= 4 is 17.7 Å². The molecule has 186 valence electrons. The van der Waals surface area contributed by atoms with E-state index in [9.17, 15) is 14.4 Å². The molecule has 1 fully saturated rings.